The number of nitrogens with zero attached hydrogens (tertiary/aromatic N) is 4. The third kappa shape index (κ3) is 5.03. The molecule has 9 aromatic rings. The number of aromatic nitrogens is 3. The number of fused-ring (bicyclic) bond motifs is 10. The summed E-state index contributed by atoms with van der Waals surface area (Å²) in [4.78, 5) is 19.2. The van der Waals surface area contributed by atoms with E-state index in [1.54, 1.807) is 0 Å². The van der Waals surface area contributed by atoms with Crippen molar-refractivity contribution in [2.75, 3.05) is 0 Å². The summed E-state index contributed by atoms with van der Waals surface area (Å²) < 4.78 is 0. The molecule has 2 aliphatic rings. The predicted octanol–water partition coefficient (Wildman–Crippen LogP) is 13.1. The molecule has 11 rings (SSSR count). The fraction of sp³-hybridized carbons (Fsp3) is 0.0189. The van der Waals surface area contributed by atoms with Crippen molar-refractivity contribution in [2.24, 2.45) is 0 Å². The highest BCUT2D eigenvalue weighted by Crippen LogP contribution is 2.64. The van der Waals surface area contributed by atoms with E-state index in [9.17, 15) is 0 Å². The summed E-state index contributed by atoms with van der Waals surface area (Å²) in [7, 11) is 0. The lowest BCUT2D eigenvalue weighted by atomic mass is 9.70. The van der Waals surface area contributed by atoms with Gasteiger partial charge < -0.3 is 0 Å². The average molecular weight is 725 g/mol. The highest BCUT2D eigenvalue weighted by Gasteiger charge is 2.52. The Hall–Kier alpha value is -7.74. The van der Waals surface area contributed by atoms with Crippen LogP contribution in [0.4, 0.5) is 5.69 Å². The Labute approximate surface area is 331 Å². The van der Waals surface area contributed by atoms with Crippen LogP contribution in [0, 0.1) is 6.57 Å². The Morgan fingerprint density at radius 1 is 0.333 bits per heavy atom. The molecular formula is C53H32N4. The summed E-state index contributed by atoms with van der Waals surface area (Å²) in [5.41, 5.74) is 16.8. The molecule has 4 nitrogen and oxygen atoms in total. The van der Waals surface area contributed by atoms with Gasteiger partial charge in [-0.15, -0.1) is 0 Å². The molecule has 0 saturated carbocycles. The van der Waals surface area contributed by atoms with E-state index in [1.165, 1.54) is 27.8 Å². The molecular weight excluding hydrogens is 693 g/mol. The lowest BCUT2D eigenvalue weighted by molar-refractivity contribution is 0.794. The van der Waals surface area contributed by atoms with Gasteiger partial charge in [-0.3, -0.25) is 0 Å². The third-order valence-corrected chi connectivity index (χ3v) is 11.6. The molecule has 0 fully saturated rings. The molecule has 0 radical (unpaired) electrons. The summed E-state index contributed by atoms with van der Waals surface area (Å²) in [5, 5.41) is 0. The SMILES string of the molecule is [C-]#[N+]c1cccc2c1-c1ccc(-c3cccc(-c4nc(-c5ccccc5)nc(-c5ccc(-c6ccccc6)cc5)n4)c3)cc1C21c2ccccc2-c2ccccc21. The number of benzene rings is 8. The Morgan fingerprint density at radius 3 is 1.46 bits per heavy atom. The summed E-state index contributed by atoms with van der Waals surface area (Å²) in [5.74, 6) is 1.85. The first kappa shape index (κ1) is 32.7. The molecule has 0 saturated heterocycles. The van der Waals surface area contributed by atoms with Crippen LogP contribution in [0.25, 0.3) is 83.5 Å². The standard InChI is InChI=1S/C53H32N4/c1-54-48-25-13-24-46-49(48)43-31-30-39(33-47(43)53(46)44-22-10-8-20-41(44)42-21-9-11-23-45(42)53)38-18-12-19-40(32-38)52-56-50(36-16-6-3-7-17-36)55-51(57-52)37-28-26-35(27-29-37)34-14-4-2-5-15-34/h2-33H. The van der Waals surface area contributed by atoms with Gasteiger partial charge in [0.25, 0.3) is 0 Å². The average Bonchev–Trinajstić information content (AvgIpc) is 3.77. The lowest BCUT2D eigenvalue weighted by Gasteiger charge is -2.31. The van der Waals surface area contributed by atoms with E-state index in [4.69, 9.17) is 21.5 Å². The van der Waals surface area contributed by atoms with E-state index < -0.39 is 5.41 Å². The molecule has 0 unspecified atom stereocenters. The van der Waals surface area contributed by atoms with Gasteiger partial charge >= 0.3 is 0 Å². The van der Waals surface area contributed by atoms with Crippen LogP contribution in [-0.4, -0.2) is 15.0 Å². The minimum absolute atomic E-state index is 0.546. The highest BCUT2D eigenvalue weighted by molar-refractivity contribution is 5.99. The van der Waals surface area contributed by atoms with Crippen molar-refractivity contribution >= 4 is 5.69 Å². The summed E-state index contributed by atoms with van der Waals surface area (Å²) in [6.45, 7) is 8.18. The zero-order valence-corrected chi connectivity index (χ0v) is 30.8. The van der Waals surface area contributed by atoms with Crippen LogP contribution in [0.3, 0.4) is 0 Å². The smallest absolute Gasteiger partial charge is 0.195 e. The van der Waals surface area contributed by atoms with Gasteiger partial charge in [-0.1, -0.05) is 182 Å². The van der Waals surface area contributed by atoms with Crippen LogP contribution in [0.2, 0.25) is 0 Å². The van der Waals surface area contributed by atoms with Crippen molar-refractivity contribution in [1.82, 2.24) is 15.0 Å². The molecule has 2 aliphatic carbocycles. The predicted molar refractivity (Wildman–Crippen MR) is 230 cm³/mol. The quantitative estimate of drug-likeness (QED) is 0.166. The van der Waals surface area contributed by atoms with Crippen LogP contribution in [-0.2, 0) is 5.41 Å². The largest absolute Gasteiger partial charge is 0.238 e. The summed E-state index contributed by atoms with van der Waals surface area (Å²) >= 11 is 0. The summed E-state index contributed by atoms with van der Waals surface area (Å²) in [6.07, 6.45) is 0. The van der Waals surface area contributed by atoms with Gasteiger partial charge in [-0.25, -0.2) is 19.8 Å². The Balaban J connectivity index is 1.06. The normalized spacial score (nSPS) is 12.7. The maximum atomic E-state index is 8.18. The molecule has 264 valence electrons. The van der Waals surface area contributed by atoms with Crippen molar-refractivity contribution in [3.8, 4) is 78.7 Å². The van der Waals surface area contributed by atoms with Crippen molar-refractivity contribution < 1.29 is 0 Å². The van der Waals surface area contributed by atoms with Crippen LogP contribution in [0.1, 0.15) is 22.3 Å². The molecule has 8 aromatic carbocycles. The Morgan fingerprint density at radius 2 is 0.789 bits per heavy atom. The van der Waals surface area contributed by atoms with Crippen LogP contribution in [0.5, 0.6) is 0 Å². The maximum Gasteiger partial charge on any atom is 0.195 e. The molecule has 1 spiro atoms. The van der Waals surface area contributed by atoms with E-state index >= 15 is 0 Å². The zero-order valence-electron chi connectivity index (χ0n) is 30.8. The number of hydrogen-bond donors (Lipinski definition) is 0. The molecule has 4 heteroatoms. The van der Waals surface area contributed by atoms with E-state index in [0.29, 0.717) is 23.2 Å². The zero-order chi connectivity index (χ0) is 37.9. The minimum Gasteiger partial charge on any atom is -0.238 e. The van der Waals surface area contributed by atoms with Gasteiger partial charge in [-0.05, 0) is 78.9 Å². The maximum absolute atomic E-state index is 8.18. The number of hydrogen-bond acceptors (Lipinski definition) is 3. The second kappa shape index (κ2) is 12.9. The lowest BCUT2D eigenvalue weighted by Crippen LogP contribution is -2.25. The van der Waals surface area contributed by atoms with E-state index in [2.05, 4.69) is 150 Å². The molecule has 0 amide bonds. The van der Waals surface area contributed by atoms with Gasteiger partial charge in [0.15, 0.2) is 23.2 Å². The molecule has 0 N–H and O–H groups in total. The first-order valence-electron chi connectivity index (χ1n) is 19.1. The molecule has 0 bridgehead atoms. The van der Waals surface area contributed by atoms with Gasteiger partial charge in [0.05, 0.1) is 12.0 Å². The van der Waals surface area contributed by atoms with Crippen molar-refractivity contribution in [2.45, 2.75) is 5.41 Å². The van der Waals surface area contributed by atoms with Gasteiger partial charge in [-0.2, -0.15) is 0 Å². The van der Waals surface area contributed by atoms with Crippen molar-refractivity contribution in [3.05, 3.63) is 228 Å². The molecule has 1 aromatic heterocycles. The topological polar surface area (TPSA) is 43.0 Å². The van der Waals surface area contributed by atoms with Crippen molar-refractivity contribution in [1.29, 1.82) is 0 Å². The number of rotatable bonds is 5. The molecule has 1 heterocycles. The second-order valence-corrected chi connectivity index (χ2v) is 14.6. The Kier molecular flexibility index (Phi) is 7.42. The van der Waals surface area contributed by atoms with Gasteiger partial charge in [0.2, 0.25) is 0 Å². The van der Waals surface area contributed by atoms with E-state index in [-0.39, 0.29) is 0 Å². The van der Waals surface area contributed by atoms with Gasteiger partial charge in [0, 0.05) is 16.7 Å². The molecule has 0 aliphatic heterocycles. The highest BCUT2D eigenvalue weighted by atomic mass is 15.0. The van der Waals surface area contributed by atoms with Crippen LogP contribution in [0.15, 0.2) is 194 Å². The van der Waals surface area contributed by atoms with Crippen LogP contribution >= 0.6 is 0 Å². The fourth-order valence-corrected chi connectivity index (χ4v) is 9.07. The van der Waals surface area contributed by atoms with E-state index in [1.807, 2.05) is 48.5 Å². The van der Waals surface area contributed by atoms with Gasteiger partial charge in [0.1, 0.15) is 0 Å². The van der Waals surface area contributed by atoms with Crippen LogP contribution < -0.4 is 0 Å². The monoisotopic (exact) mass is 724 g/mol. The van der Waals surface area contributed by atoms with E-state index in [0.717, 1.165) is 55.6 Å². The molecule has 57 heavy (non-hydrogen) atoms. The minimum atomic E-state index is -0.546. The third-order valence-electron chi connectivity index (χ3n) is 11.6. The second-order valence-electron chi connectivity index (χ2n) is 14.6. The molecule has 0 atom stereocenters. The first-order chi connectivity index (χ1) is 28.2. The summed E-state index contributed by atoms with van der Waals surface area (Å²) in [6, 6.07) is 67.9. The fourth-order valence-electron chi connectivity index (χ4n) is 9.07. The Bertz CT molecular complexity index is 3030. The van der Waals surface area contributed by atoms with Crippen molar-refractivity contribution in [3.63, 3.8) is 0 Å². The first-order valence-corrected chi connectivity index (χ1v) is 19.1.